The highest BCUT2D eigenvalue weighted by Crippen LogP contribution is 2.07. The molecule has 1 saturated heterocycles. The first-order chi connectivity index (χ1) is 11.8. The number of rotatable bonds is 7. The largest absolute Gasteiger partial charge is 0.340 e. The summed E-state index contributed by atoms with van der Waals surface area (Å²) < 4.78 is 1.66. The van der Waals surface area contributed by atoms with E-state index in [0.29, 0.717) is 13.0 Å². The number of tetrazole rings is 1. The average Bonchev–Trinajstić information content (AvgIpc) is 3.15. The molecule has 0 N–H and O–H groups in total. The smallest absolute Gasteiger partial charge is 0.222 e. The van der Waals surface area contributed by atoms with Gasteiger partial charge in [-0.1, -0.05) is 0 Å². The molecule has 1 amide bonds. The number of carbonyl (C=O) groups excluding carboxylic acids is 1. The molecule has 2 aromatic heterocycles. The van der Waals surface area contributed by atoms with Crippen molar-refractivity contribution in [1.82, 2.24) is 35.0 Å². The second kappa shape index (κ2) is 8.49. The van der Waals surface area contributed by atoms with Crippen LogP contribution < -0.4 is 0 Å². The predicted octanol–water partition coefficient (Wildman–Crippen LogP) is 0.235. The third-order valence-electron chi connectivity index (χ3n) is 4.36. The Morgan fingerprint density at radius 3 is 2.58 bits per heavy atom. The van der Waals surface area contributed by atoms with Crippen molar-refractivity contribution in [2.75, 3.05) is 32.7 Å². The van der Waals surface area contributed by atoms with Crippen LogP contribution in [-0.2, 0) is 17.8 Å². The zero-order valence-corrected chi connectivity index (χ0v) is 13.8. The number of pyridine rings is 1. The molecule has 0 aliphatic carbocycles. The van der Waals surface area contributed by atoms with Crippen molar-refractivity contribution in [3.05, 3.63) is 36.4 Å². The van der Waals surface area contributed by atoms with Crippen LogP contribution in [0.25, 0.3) is 0 Å². The fourth-order valence-corrected chi connectivity index (χ4v) is 2.89. The highest BCUT2D eigenvalue weighted by atomic mass is 16.2. The summed E-state index contributed by atoms with van der Waals surface area (Å²) in [7, 11) is 0. The van der Waals surface area contributed by atoms with Crippen molar-refractivity contribution in [2.24, 2.45) is 0 Å². The van der Waals surface area contributed by atoms with E-state index in [-0.39, 0.29) is 5.91 Å². The molecule has 0 aromatic carbocycles. The van der Waals surface area contributed by atoms with E-state index in [4.69, 9.17) is 0 Å². The van der Waals surface area contributed by atoms with Gasteiger partial charge >= 0.3 is 0 Å². The van der Waals surface area contributed by atoms with Gasteiger partial charge in [0, 0.05) is 58.1 Å². The van der Waals surface area contributed by atoms with E-state index in [9.17, 15) is 4.79 Å². The SMILES string of the molecule is O=C(CCCn1cnnn1)N1CCN(CCc2ccncc2)CC1. The number of nitrogens with zero attached hydrogens (tertiary/aromatic N) is 7. The Hall–Kier alpha value is -2.35. The van der Waals surface area contributed by atoms with Gasteiger partial charge in [0.2, 0.25) is 5.91 Å². The molecule has 0 bridgehead atoms. The van der Waals surface area contributed by atoms with Gasteiger partial charge in [-0.15, -0.1) is 5.10 Å². The minimum atomic E-state index is 0.233. The third-order valence-corrected chi connectivity index (χ3v) is 4.36. The molecule has 128 valence electrons. The minimum Gasteiger partial charge on any atom is -0.340 e. The highest BCUT2D eigenvalue weighted by Gasteiger charge is 2.20. The first-order valence-corrected chi connectivity index (χ1v) is 8.41. The van der Waals surface area contributed by atoms with Gasteiger partial charge in [-0.25, -0.2) is 4.68 Å². The van der Waals surface area contributed by atoms with E-state index in [1.807, 2.05) is 17.3 Å². The number of piperazine rings is 1. The van der Waals surface area contributed by atoms with Crippen LogP contribution in [0.4, 0.5) is 0 Å². The summed E-state index contributed by atoms with van der Waals surface area (Å²) in [5, 5.41) is 11.0. The van der Waals surface area contributed by atoms with Crippen LogP contribution in [0.3, 0.4) is 0 Å². The molecule has 3 heterocycles. The maximum atomic E-state index is 12.3. The summed E-state index contributed by atoms with van der Waals surface area (Å²) in [6, 6.07) is 4.12. The summed E-state index contributed by atoms with van der Waals surface area (Å²) in [5.74, 6) is 0.233. The normalized spacial score (nSPS) is 15.6. The summed E-state index contributed by atoms with van der Waals surface area (Å²) in [4.78, 5) is 20.7. The number of amides is 1. The Morgan fingerprint density at radius 2 is 1.88 bits per heavy atom. The molecule has 3 rings (SSSR count). The maximum Gasteiger partial charge on any atom is 0.222 e. The monoisotopic (exact) mass is 329 g/mol. The van der Waals surface area contributed by atoms with Crippen LogP contribution in [0, 0.1) is 0 Å². The van der Waals surface area contributed by atoms with Crippen molar-refractivity contribution < 1.29 is 4.79 Å². The second-order valence-corrected chi connectivity index (χ2v) is 6.00. The standard InChI is InChI=1S/C16H23N7O/c24-16(2-1-8-23-14-18-19-20-23)22-12-10-21(11-13-22)9-5-15-3-6-17-7-4-15/h3-4,6-7,14H,1-2,5,8-13H2. The summed E-state index contributed by atoms with van der Waals surface area (Å²) in [6.07, 6.45) is 7.60. The van der Waals surface area contributed by atoms with E-state index < -0.39 is 0 Å². The van der Waals surface area contributed by atoms with E-state index in [1.165, 1.54) is 5.56 Å². The number of aryl methyl sites for hydroxylation is 1. The number of aromatic nitrogens is 5. The van der Waals surface area contributed by atoms with Gasteiger partial charge in [-0.05, 0) is 41.0 Å². The molecular weight excluding hydrogens is 306 g/mol. The lowest BCUT2D eigenvalue weighted by Gasteiger charge is -2.34. The zero-order valence-electron chi connectivity index (χ0n) is 13.8. The lowest BCUT2D eigenvalue weighted by atomic mass is 10.2. The van der Waals surface area contributed by atoms with E-state index >= 15 is 0 Å². The van der Waals surface area contributed by atoms with Crippen molar-refractivity contribution in [3.8, 4) is 0 Å². The molecule has 0 radical (unpaired) electrons. The third kappa shape index (κ3) is 4.82. The quantitative estimate of drug-likeness (QED) is 0.724. The van der Waals surface area contributed by atoms with Crippen LogP contribution in [0.15, 0.2) is 30.9 Å². The molecule has 8 heteroatoms. The highest BCUT2D eigenvalue weighted by molar-refractivity contribution is 5.76. The summed E-state index contributed by atoms with van der Waals surface area (Å²) >= 11 is 0. The topological polar surface area (TPSA) is 80.0 Å². The first kappa shape index (κ1) is 16.5. The molecular formula is C16H23N7O. The van der Waals surface area contributed by atoms with Crippen molar-refractivity contribution in [3.63, 3.8) is 0 Å². The first-order valence-electron chi connectivity index (χ1n) is 8.41. The molecule has 1 aliphatic rings. The van der Waals surface area contributed by atoms with Gasteiger partial charge in [0.25, 0.3) is 0 Å². The molecule has 24 heavy (non-hydrogen) atoms. The molecule has 0 unspecified atom stereocenters. The van der Waals surface area contributed by atoms with Crippen molar-refractivity contribution in [2.45, 2.75) is 25.8 Å². The van der Waals surface area contributed by atoms with E-state index in [1.54, 1.807) is 11.0 Å². The van der Waals surface area contributed by atoms with Crippen LogP contribution >= 0.6 is 0 Å². The van der Waals surface area contributed by atoms with Gasteiger partial charge in [-0.2, -0.15) is 0 Å². The average molecular weight is 329 g/mol. The van der Waals surface area contributed by atoms with Gasteiger partial charge in [0.15, 0.2) is 0 Å². The zero-order chi connectivity index (χ0) is 16.6. The van der Waals surface area contributed by atoms with Gasteiger partial charge in [0.05, 0.1) is 0 Å². The number of hydrogen-bond donors (Lipinski definition) is 0. The predicted molar refractivity (Wildman–Crippen MR) is 88.0 cm³/mol. The van der Waals surface area contributed by atoms with Crippen molar-refractivity contribution >= 4 is 5.91 Å². The molecule has 0 spiro atoms. The van der Waals surface area contributed by atoms with Crippen LogP contribution in [0.1, 0.15) is 18.4 Å². The lowest BCUT2D eigenvalue weighted by Crippen LogP contribution is -2.49. The lowest BCUT2D eigenvalue weighted by molar-refractivity contribution is -0.133. The summed E-state index contributed by atoms with van der Waals surface area (Å²) in [6.45, 7) is 5.25. The van der Waals surface area contributed by atoms with E-state index in [0.717, 1.165) is 45.6 Å². The van der Waals surface area contributed by atoms with Crippen molar-refractivity contribution in [1.29, 1.82) is 0 Å². The minimum absolute atomic E-state index is 0.233. The van der Waals surface area contributed by atoms with Crippen LogP contribution in [0.2, 0.25) is 0 Å². The van der Waals surface area contributed by atoms with Crippen LogP contribution in [0.5, 0.6) is 0 Å². The van der Waals surface area contributed by atoms with Gasteiger partial charge < -0.3 is 4.90 Å². The fourth-order valence-electron chi connectivity index (χ4n) is 2.89. The Morgan fingerprint density at radius 1 is 1.08 bits per heavy atom. The summed E-state index contributed by atoms with van der Waals surface area (Å²) in [5.41, 5.74) is 1.31. The molecule has 0 saturated carbocycles. The van der Waals surface area contributed by atoms with Crippen LogP contribution in [-0.4, -0.2) is 73.6 Å². The maximum absolute atomic E-state index is 12.3. The molecule has 8 nitrogen and oxygen atoms in total. The second-order valence-electron chi connectivity index (χ2n) is 6.00. The molecule has 0 atom stereocenters. The fraction of sp³-hybridized carbons (Fsp3) is 0.562. The van der Waals surface area contributed by atoms with E-state index in [2.05, 4.69) is 37.5 Å². The van der Waals surface area contributed by atoms with Gasteiger partial charge in [-0.3, -0.25) is 14.7 Å². The molecule has 2 aromatic rings. The molecule has 1 aliphatic heterocycles. The molecule has 1 fully saturated rings. The Balaban J connectivity index is 1.33. The Labute approximate surface area is 141 Å². The Kier molecular flexibility index (Phi) is 5.84. The number of hydrogen-bond acceptors (Lipinski definition) is 6. The van der Waals surface area contributed by atoms with Gasteiger partial charge in [0.1, 0.15) is 6.33 Å². The Bertz CT molecular complexity index is 609. The number of carbonyl (C=O) groups is 1.